The molecule has 0 unspecified atom stereocenters. The molecule has 1 heterocycles. The maximum Gasteiger partial charge on any atom is 0.255 e. The van der Waals surface area contributed by atoms with Crippen LogP contribution in [0.25, 0.3) is 0 Å². The van der Waals surface area contributed by atoms with E-state index in [1.54, 1.807) is 30.3 Å². The molecule has 28 heavy (non-hydrogen) atoms. The van der Waals surface area contributed by atoms with Crippen LogP contribution in [-0.2, 0) is 4.79 Å². The third kappa shape index (κ3) is 4.01. The molecule has 5 nitrogen and oxygen atoms in total. The average molecular weight is 382 g/mol. The summed E-state index contributed by atoms with van der Waals surface area (Å²) in [6.45, 7) is 0.525. The molecule has 0 aromatic heterocycles. The minimum atomic E-state index is -0.520. The van der Waals surface area contributed by atoms with E-state index in [0.29, 0.717) is 24.2 Å². The van der Waals surface area contributed by atoms with Crippen LogP contribution in [0.4, 0.5) is 15.8 Å². The van der Waals surface area contributed by atoms with Gasteiger partial charge in [-0.25, -0.2) is 4.39 Å². The Morgan fingerprint density at radius 2 is 1.82 bits per heavy atom. The van der Waals surface area contributed by atoms with E-state index in [1.165, 1.54) is 29.9 Å². The van der Waals surface area contributed by atoms with E-state index < -0.39 is 5.82 Å². The minimum absolute atomic E-state index is 0.0735. The monoisotopic (exact) mass is 382 g/mol. The topological polar surface area (TPSA) is 58.6 Å². The van der Waals surface area contributed by atoms with Crippen molar-refractivity contribution < 1.29 is 18.7 Å². The van der Waals surface area contributed by atoms with Crippen LogP contribution in [-0.4, -0.2) is 24.5 Å². The van der Waals surface area contributed by atoms with Crippen LogP contribution in [0, 0.1) is 5.82 Å². The van der Waals surface area contributed by atoms with Crippen LogP contribution in [0.15, 0.2) is 42.5 Å². The highest BCUT2D eigenvalue weighted by molar-refractivity contribution is 6.04. The lowest BCUT2D eigenvalue weighted by Crippen LogP contribution is -2.24. The Labute approximate surface area is 163 Å². The van der Waals surface area contributed by atoms with E-state index in [1.807, 2.05) is 0 Å². The molecule has 1 N–H and O–H groups in total. The smallest absolute Gasteiger partial charge is 0.255 e. The normalized spacial score (nSPS) is 17.2. The number of rotatable bonds is 5. The predicted octanol–water partition coefficient (Wildman–Crippen LogP) is 4.53. The Morgan fingerprint density at radius 1 is 1.07 bits per heavy atom. The SMILES string of the molecule is O=C(Nc1ccc(N2CCCC2=O)c(F)c1)c1ccc(OC2CCCC2)cc1. The minimum Gasteiger partial charge on any atom is -0.490 e. The summed E-state index contributed by atoms with van der Waals surface area (Å²) < 4.78 is 20.3. The number of anilines is 2. The molecule has 1 aliphatic heterocycles. The molecular weight excluding hydrogens is 359 g/mol. The summed E-state index contributed by atoms with van der Waals surface area (Å²) in [5.74, 6) is -0.157. The first-order chi connectivity index (χ1) is 13.6. The fourth-order valence-electron chi connectivity index (χ4n) is 3.79. The number of nitrogens with zero attached hydrogens (tertiary/aromatic N) is 1. The molecule has 146 valence electrons. The van der Waals surface area contributed by atoms with Crippen molar-refractivity contribution in [3.8, 4) is 5.75 Å². The zero-order chi connectivity index (χ0) is 19.5. The predicted molar refractivity (Wildman–Crippen MR) is 105 cm³/mol. The molecule has 2 aromatic rings. The van der Waals surface area contributed by atoms with Crippen molar-refractivity contribution in [3.63, 3.8) is 0 Å². The number of ether oxygens (including phenoxy) is 1. The number of amides is 2. The van der Waals surface area contributed by atoms with Crippen molar-refractivity contribution in [1.29, 1.82) is 0 Å². The van der Waals surface area contributed by atoms with Gasteiger partial charge in [0.2, 0.25) is 5.91 Å². The lowest BCUT2D eigenvalue weighted by Gasteiger charge is -2.17. The molecule has 1 aliphatic carbocycles. The Kier molecular flexibility index (Phi) is 5.28. The van der Waals surface area contributed by atoms with Crippen molar-refractivity contribution in [2.75, 3.05) is 16.8 Å². The zero-order valence-electron chi connectivity index (χ0n) is 15.6. The fourth-order valence-corrected chi connectivity index (χ4v) is 3.79. The van der Waals surface area contributed by atoms with Crippen LogP contribution in [0.2, 0.25) is 0 Å². The van der Waals surface area contributed by atoms with E-state index in [4.69, 9.17) is 4.74 Å². The molecule has 6 heteroatoms. The summed E-state index contributed by atoms with van der Waals surface area (Å²) in [6.07, 6.45) is 6.00. The van der Waals surface area contributed by atoms with Gasteiger partial charge in [-0.15, -0.1) is 0 Å². The number of benzene rings is 2. The van der Waals surface area contributed by atoms with Gasteiger partial charge in [0, 0.05) is 24.2 Å². The largest absolute Gasteiger partial charge is 0.490 e. The van der Waals surface area contributed by atoms with Gasteiger partial charge >= 0.3 is 0 Å². The van der Waals surface area contributed by atoms with E-state index >= 15 is 0 Å². The molecule has 2 amide bonds. The van der Waals surface area contributed by atoms with Gasteiger partial charge in [-0.1, -0.05) is 0 Å². The first kappa shape index (κ1) is 18.5. The van der Waals surface area contributed by atoms with Gasteiger partial charge in [0.15, 0.2) is 0 Å². The Hall–Kier alpha value is -2.89. The third-order valence-corrected chi connectivity index (χ3v) is 5.29. The summed E-state index contributed by atoms with van der Waals surface area (Å²) in [5, 5.41) is 2.70. The molecule has 1 saturated heterocycles. The highest BCUT2D eigenvalue weighted by atomic mass is 19.1. The Balaban J connectivity index is 1.40. The highest BCUT2D eigenvalue weighted by Gasteiger charge is 2.24. The first-order valence-electron chi connectivity index (χ1n) is 9.78. The van der Waals surface area contributed by atoms with Crippen molar-refractivity contribution in [2.24, 2.45) is 0 Å². The number of halogens is 1. The van der Waals surface area contributed by atoms with Crippen molar-refractivity contribution >= 4 is 23.2 Å². The van der Waals surface area contributed by atoms with Gasteiger partial charge in [-0.05, 0) is 74.6 Å². The maximum atomic E-state index is 14.4. The number of hydrogen-bond donors (Lipinski definition) is 1. The second-order valence-corrected chi connectivity index (χ2v) is 7.32. The molecule has 0 atom stereocenters. The van der Waals surface area contributed by atoms with E-state index in [-0.39, 0.29) is 23.6 Å². The van der Waals surface area contributed by atoms with Gasteiger partial charge in [-0.3, -0.25) is 9.59 Å². The van der Waals surface area contributed by atoms with E-state index in [0.717, 1.165) is 25.0 Å². The molecule has 0 radical (unpaired) electrons. The second kappa shape index (κ2) is 8.00. The summed E-state index contributed by atoms with van der Waals surface area (Å²) in [6, 6.07) is 11.4. The molecule has 0 bridgehead atoms. The zero-order valence-corrected chi connectivity index (χ0v) is 15.6. The molecule has 1 saturated carbocycles. The van der Waals surface area contributed by atoms with Crippen LogP contribution >= 0.6 is 0 Å². The van der Waals surface area contributed by atoms with E-state index in [9.17, 15) is 14.0 Å². The molecule has 2 fully saturated rings. The molecular formula is C22H23FN2O3. The average Bonchev–Trinajstić information content (AvgIpc) is 3.34. The van der Waals surface area contributed by atoms with Crippen molar-refractivity contribution in [3.05, 3.63) is 53.8 Å². The van der Waals surface area contributed by atoms with Crippen LogP contribution in [0.5, 0.6) is 5.75 Å². The summed E-state index contributed by atoms with van der Waals surface area (Å²) in [7, 11) is 0. The molecule has 2 aliphatic rings. The highest BCUT2D eigenvalue weighted by Crippen LogP contribution is 2.27. The van der Waals surface area contributed by atoms with Gasteiger partial charge in [0.1, 0.15) is 11.6 Å². The van der Waals surface area contributed by atoms with Gasteiger partial charge in [-0.2, -0.15) is 0 Å². The first-order valence-corrected chi connectivity index (χ1v) is 9.78. The number of hydrogen-bond acceptors (Lipinski definition) is 3. The fraction of sp³-hybridized carbons (Fsp3) is 0.364. The molecule has 0 spiro atoms. The van der Waals surface area contributed by atoms with Gasteiger partial charge < -0.3 is 15.0 Å². The summed E-state index contributed by atoms with van der Waals surface area (Å²) in [5.41, 5.74) is 1.08. The van der Waals surface area contributed by atoms with Crippen molar-refractivity contribution in [1.82, 2.24) is 0 Å². The quantitative estimate of drug-likeness (QED) is 0.827. The van der Waals surface area contributed by atoms with Gasteiger partial charge in [0.05, 0.1) is 11.8 Å². The van der Waals surface area contributed by atoms with Crippen molar-refractivity contribution in [2.45, 2.75) is 44.6 Å². The molecule has 2 aromatic carbocycles. The lowest BCUT2D eigenvalue weighted by atomic mass is 10.2. The number of carbonyl (C=O) groups excluding carboxylic acids is 2. The lowest BCUT2D eigenvalue weighted by molar-refractivity contribution is -0.117. The Bertz CT molecular complexity index is 876. The maximum absolute atomic E-state index is 14.4. The standard InChI is InChI=1S/C22H23FN2O3/c23-19-14-16(9-12-20(19)25-13-3-6-21(25)26)24-22(27)15-7-10-18(11-8-15)28-17-4-1-2-5-17/h7-12,14,17H,1-6,13H2,(H,24,27). The van der Waals surface area contributed by atoms with Gasteiger partial charge in [0.25, 0.3) is 5.91 Å². The number of carbonyl (C=O) groups is 2. The summed E-state index contributed by atoms with van der Waals surface area (Å²) >= 11 is 0. The van der Waals surface area contributed by atoms with Crippen LogP contribution in [0.3, 0.4) is 0 Å². The Morgan fingerprint density at radius 3 is 2.46 bits per heavy atom. The van der Waals surface area contributed by atoms with E-state index in [2.05, 4.69) is 5.32 Å². The summed E-state index contributed by atoms with van der Waals surface area (Å²) in [4.78, 5) is 25.7. The van der Waals surface area contributed by atoms with Crippen LogP contribution < -0.4 is 15.0 Å². The van der Waals surface area contributed by atoms with Crippen LogP contribution in [0.1, 0.15) is 48.9 Å². The third-order valence-electron chi connectivity index (χ3n) is 5.29. The second-order valence-electron chi connectivity index (χ2n) is 7.32. The number of nitrogens with one attached hydrogen (secondary N) is 1. The molecule has 4 rings (SSSR count).